The zero-order chi connectivity index (χ0) is 27.4. The second kappa shape index (κ2) is 14.4. The lowest BCUT2D eigenvalue weighted by atomic mass is 10.0. The van der Waals surface area contributed by atoms with Gasteiger partial charge in [-0.3, -0.25) is 24.0 Å². The smallest absolute Gasteiger partial charge is 0.326 e. The van der Waals surface area contributed by atoms with E-state index >= 15 is 0 Å². The molecule has 1 heterocycles. The van der Waals surface area contributed by atoms with Gasteiger partial charge >= 0.3 is 11.9 Å². The number of H-pyrrole nitrogens is 1. The minimum atomic E-state index is -1.73. The zero-order valence-electron chi connectivity index (χ0n) is 20.0. The predicted octanol–water partition coefficient (Wildman–Crippen LogP) is -2.40. The van der Waals surface area contributed by atoms with E-state index in [1.807, 2.05) is 0 Å². The molecule has 36 heavy (non-hydrogen) atoms. The van der Waals surface area contributed by atoms with Crippen molar-refractivity contribution >= 4 is 35.6 Å². The molecule has 4 unspecified atom stereocenters. The third-order valence-corrected chi connectivity index (χ3v) is 4.98. The molecule has 0 bridgehead atoms. The maximum atomic E-state index is 13.1. The van der Waals surface area contributed by atoms with E-state index in [2.05, 4.69) is 25.9 Å². The van der Waals surface area contributed by atoms with Gasteiger partial charge < -0.3 is 42.6 Å². The Morgan fingerprint density at radius 3 is 2.06 bits per heavy atom. The molecule has 15 heteroatoms. The summed E-state index contributed by atoms with van der Waals surface area (Å²) in [7, 11) is 0. The van der Waals surface area contributed by atoms with Gasteiger partial charge in [-0.1, -0.05) is 13.8 Å². The molecule has 4 atom stereocenters. The molecule has 0 saturated heterocycles. The van der Waals surface area contributed by atoms with Crippen LogP contribution in [0.2, 0.25) is 0 Å². The van der Waals surface area contributed by atoms with Crippen molar-refractivity contribution in [2.75, 3.05) is 0 Å². The van der Waals surface area contributed by atoms with Crippen LogP contribution >= 0.6 is 0 Å². The second-order valence-electron chi connectivity index (χ2n) is 8.64. The van der Waals surface area contributed by atoms with E-state index in [0.717, 1.165) is 0 Å². The van der Waals surface area contributed by atoms with Crippen molar-refractivity contribution in [1.82, 2.24) is 25.9 Å². The van der Waals surface area contributed by atoms with E-state index in [1.54, 1.807) is 13.8 Å². The van der Waals surface area contributed by atoms with Crippen LogP contribution in [0.25, 0.3) is 0 Å². The van der Waals surface area contributed by atoms with Crippen molar-refractivity contribution in [1.29, 1.82) is 0 Å². The first kappa shape index (κ1) is 30.0. The molecule has 1 aromatic rings. The van der Waals surface area contributed by atoms with Crippen LogP contribution in [0.1, 0.15) is 45.2 Å². The Bertz CT molecular complexity index is 935. The number of nitrogens with two attached hydrogens (primary N) is 2. The van der Waals surface area contributed by atoms with Gasteiger partial charge in [0.05, 0.1) is 18.8 Å². The molecule has 15 nitrogen and oxygen atoms in total. The molecule has 0 aromatic carbocycles. The summed E-state index contributed by atoms with van der Waals surface area (Å²) >= 11 is 0. The Morgan fingerprint density at radius 1 is 0.972 bits per heavy atom. The van der Waals surface area contributed by atoms with Crippen molar-refractivity contribution in [2.24, 2.45) is 17.4 Å². The summed E-state index contributed by atoms with van der Waals surface area (Å²) in [5.41, 5.74) is 11.3. The van der Waals surface area contributed by atoms with Crippen LogP contribution in [0.3, 0.4) is 0 Å². The molecule has 10 N–H and O–H groups in total. The maximum absolute atomic E-state index is 13.1. The van der Waals surface area contributed by atoms with Crippen LogP contribution in [-0.4, -0.2) is 79.9 Å². The van der Waals surface area contributed by atoms with Gasteiger partial charge in [0.25, 0.3) is 0 Å². The monoisotopic (exact) mass is 511 g/mol. The molecule has 0 aliphatic rings. The van der Waals surface area contributed by atoms with Crippen molar-refractivity contribution in [2.45, 2.75) is 70.1 Å². The molecule has 0 aliphatic heterocycles. The van der Waals surface area contributed by atoms with Crippen LogP contribution in [0.5, 0.6) is 0 Å². The van der Waals surface area contributed by atoms with Gasteiger partial charge in [0.2, 0.25) is 23.6 Å². The zero-order valence-corrected chi connectivity index (χ0v) is 20.0. The molecule has 0 spiro atoms. The summed E-state index contributed by atoms with van der Waals surface area (Å²) in [4.78, 5) is 78.3. The fraction of sp³-hybridized carbons (Fsp3) is 0.571. The van der Waals surface area contributed by atoms with Crippen molar-refractivity contribution < 1.29 is 39.0 Å². The summed E-state index contributed by atoms with van der Waals surface area (Å²) in [6.07, 6.45) is 1.76. The molecular weight excluding hydrogens is 478 g/mol. The van der Waals surface area contributed by atoms with Crippen LogP contribution in [0.15, 0.2) is 12.5 Å². The van der Waals surface area contributed by atoms with E-state index in [4.69, 9.17) is 16.6 Å². The molecule has 0 aliphatic carbocycles. The van der Waals surface area contributed by atoms with Gasteiger partial charge in [-0.25, -0.2) is 9.78 Å². The minimum absolute atomic E-state index is 0.0256. The molecule has 1 aromatic heterocycles. The van der Waals surface area contributed by atoms with Crippen LogP contribution < -0.4 is 27.4 Å². The molecule has 0 fully saturated rings. The highest BCUT2D eigenvalue weighted by Gasteiger charge is 2.31. The summed E-state index contributed by atoms with van der Waals surface area (Å²) in [6, 6.07) is -5.27. The first-order chi connectivity index (χ1) is 16.8. The summed E-state index contributed by atoms with van der Waals surface area (Å²) in [5, 5.41) is 25.3. The lowest BCUT2D eigenvalue weighted by Gasteiger charge is -2.25. The fourth-order valence-electron chi connectivity index (χ4n) is 3.16. The highest BCUT2D eigenvalue weighted by Crippen LogP contribution is 2.08. The normalized spacial score (nSPS) is 14.2. The second-order valence-corrected chi connectivity index (χ2v) is 8.64. The number of carboxylic acid groups (broad SMARTS) is 2. The Hall–Kier alpha value is -4.01. The Kier molecular flexibility index (Phi) is 12.0. The van der Waals surface area contributed by atoms with E-state index in [-0.39, 0.29) is 31.6 Å². The minimum Gasteiger partial charge on any atom is -0.481 e. The standard InChI is InChI=1S/C21H33N7O8/c1-10(2)5-13(26-18(32)12(22)3-4-16(23)29)19(33)27-14(6-11-8-24-9-25-11)20(34)28-15(21(35)36)7-17(30)31/h8-10,12-15H,3-7,22H2,1-2H3,(H2,23,29)(H,24,25)(H,26,32)(H,27,33)(H,28,34)(H,30,31)(H,35,36). The number of carboxylic acids is 2. The molecule has 200 valence electrons. The summed E-state index contributed by atoms with van der Waals surface area (Å²) < 4.78 is 0. The van der Waals surface area contributed by atoms with Crippen LogP contribution in [0.4, 0.5) is 0 Å². The topological polar surface area (TPSA) is 260 Å². The number of aromatic amines is 1. The number of hydrogen-bond acceptors (Lipinski definition) is 8. The highest BCUT2D eigenvalue weighted by molar-refractivity contribution is 5.94. The number of amides is 4. The third-order valence-electron chi connectivity index (χ3n) is 4.98. The summed E-state index contributed by atoms with van der Waals surface area (Å²) in [6.45, 7) is 3.61. The first-order valence-electron chi connectivity index (χ1n) is 11.2. The average molecular weight is 512 g/mol. The molecule has 0 radical (unpaired) electrons. The van der Waals surface area contributed by atoms with Gasteiger partial charge in [0.1, 0.15) is 18.1 Å². The SMILES string of the molecule is CC(C)CC(NC(=O)C(N)CCC(N)=O)C(=O)NC(Cc1cnc[nH]1)C(=O)NC(CC(=O)O)C(=O)O. The Morgan fingerprint density at radius 2 is 1.56 bits per heavy atom. The van der Waals surface area contributed by atoms with Crippen LogP contribution in [-0.2, 0) is 35.2 Å². The number of primary amides is 1. The number of imidazole rings is 1. The Labute approximate surface area is 206 Å². The quantitative estimate of drug-likeness (QED) is 0.117. The van der Waals surface area contributed by atoms with Gasteiger partial charge in [0.15, 0.2) is 0 Å². The van der Waals surface area contributed by atoms with E-state index in [0.29, 0.717) is 5.69 Å². The highest BCUT2D eigenvalue weighted by atomic mass is 16.4. The fourth-order valence-corrected chi connectivity index (χ4v) is 3.16. The number of carbonyl (C=O) groups is 6. The largest absolute Gasteiger partial charge is 0.481 e. The molecule has 1 rings (SSSR count). The van der Waals surface area contributed by atoms with Crippen molar-refractivity contribution in [3.05, 3.63) is 18.2 Å². The summed E-state index contributed by atoms with van der Waals surface area (Å²) in [5.74, 6) is -6.08. The number of rotatable bonds is 16. The number of nitrogens with zero attached hydrogens (tertiary/aromatic N) is 1. The lowest BCUT2D eigenvalue weighted by molar-refractivity contribution is -0.147. The van der Waals surface area contributed by atoms with Gasteiger partial charge in [-0.05, 0) is 18.8 Å². The molecular formula is C21H33N7O8. The van der Waals surface area contributed by atoms with Crippen LogP contribution in [0, 0.1) is 5.92 Å². The third kappa shape index (κ3) is 10.9. The molecule has 0 saturated carbocycles. The predicted molar refractivity (Wildman–Crippen MR) is 124 cm³/mol. The number of nitrogens with one attached hydrogen (secondary N) is 4. The Balaban J connectivity index is 3.05. The van der Waals surface area contributed by atoms with E-state index in [9.17, 15) is 33.9 Å². The lowest BCUT2D eigenvalue weighted by Crippen LogP contribution is -2.58. The van der Waals surface area contributed by atoms with E-state index in [1.165, 1.54) is 12.5 Å². The number of aliphatic carboxylic acids is 2. The van der Waals surface area contributed by atoms with E-state index < -0.39 is 66.2 Å². The van der Waals surface area contributed by atoms with Crippen molar-refractivity contribution in [3.63, 3.8) is 0 Å². The molecule has 4 amide bonds. The first-order valence-corrected chi connectivity index (χ1v) is 11.2. The van der Waals surface area contributed by atoms with Gasteiger partial charge in [0, 0.05) is 24.7 Å². The van der Waals surface area contributed by atoms with Gasteiger partial charge in [-0.2, -0.15) is 0 Å². The number of carbonyl (C=O) groups excluding carboxylic acids is 4. The number of hydrogen-bond donors (Lipinski definition) is 8. The maximum Gasteiger partial charge on any atom is 0.326 e. The average Bonchev–Trinajstić information content (AvgIpc) is 3.28. The van der Waals surface area contributed by atoms with Gasteiger partial charge in [-0.15, -0.1) is 0 Å². The van der Waals surface area contributed by atoms with Crippen molar-refractivity contribution in [3.8, 4) is 0 Å². The number of aromatic nitrogens is 2.